The fourth-order valence-corrected chi connectivity index (χ4v) is 2.76. The SMILES string of the molecule is CCCC(COC)n1c(CCl)nc2cc(OC)ccc21. The molecular formula is C15H21ClN2O2. The maximum Gasteiger partial charge on any atom is 0.125 e. The number of aromatic nitrogens is 2. The van der Waals surface area contributed by atoms with Gasteiger partial charge in [0.2, 0.25) is 0 Å². The van der Waals surface area contributed by atoms with Crippen molar-refractivity contribution < 1.29 is 9.47 Å². The van der Waals surface area contributed by atoms with Crippen molar-refractivity contribution in [3.05, 3.63) is 24.0 Å². The molecule has 1 unspecified atom stereocenters. The van der Waals surface area contributed by atoms with Gasteiger partial charge in [-0.05, 0) is 18.6 Å². The Hall–Kier alpha value is -1.26. The number of benzene rings is 1. The van der Waals surface area contributed by atoms with Crippen LogP contribution < -0.4 is 4.74 Å². The molecule has 0 aliphatic carbocycles. The lowest BCUT2D eigenvalue weighted by atomic mass is 10.1. The molecule has 1 aromatic heterocycles. The van der Waals surface area contributed by atoms with Gasteiger partial charge in [0.1, 0.15) is 11.6 Å². The lowest BCUT2D eigenvalue weighted by molar-refractivity contribution is 0.151. The Kier molecular flexibility index (Phi) is 5.26. The molecule has 20 heavy (non-hydrogen) atoms. The molecule has 2 rings (SSSR count). The van der Waals surface area contributed by atoms with Crippen LogP contribution in [-0.4, -0.2) is 30.4 Å². The van der Waals surface area contributed by atoms with Gasteiger partial charge >= 0.3 is 0 Å². The number of nitrogens with zero attached hydrogens (tertiary/aromatic N) is 2. The molecule has 0 amide bonds. The Morgan fingerprint density at radius 2 is 2.15 bits per heavy atom. The van der Waals surface area contributed by atoms with Crippen LogP contribution in [0.25, 0.3) is 11.0 Å². The quantitative estimate of drug-likeness (QED) is 0.730. The summed E-state index contributed by atoms with van der Waals surface area (Å²) in [6, 6.07) is 6.19. The molecule has 110 valence electrons. The van der Waals surface area contributed by atoms with E-state index in [-0.39, 0.29) is 6.04 Å². The van der Waals surface area contributed by atoms with E-state index < -0.39 is 0 Å². The third kappa shape index (κ3) is 2.91. The van der Waals surface area contributed by atoms with Crippen molar-refractivity contribution in [1.29, 1.82) is 0 Å². The molecule has 0 N–H and O–H groups in total. The van der Waals surface area contributed by atoms with Gasteiger partial charge in [0, 0.05) is 13.2 Å². The molecule has 0 bridgehead atoms. The van der Waals surface area contributed by atoms with Crippen LogP contribution in [0.3, 0.4) is 0 Å². The van der Waals surface area contributed by atoms with Gasteiger partial charge in [0.25, 0.3) is 0 Å². The number of hydrogen-bond donors (Lipinski definition) is 0. The van der Waals surface area contributed by atoms with Gasteiger partial charge in [0.15, 0.2) is 0 Å². The molecule has 1 aromatic carbocycles. The molecule has 1 heterocycles. The first-order chi connectivity index (χ1) is 9.74. The number of hydrogen-bond acceptors (Lipinski definition) is 3. The monoisotopic (exact) mass is 296 g/mol. The van der Waals surface area contributed by atoms with Crippen LogP contribution in [-0.2, 0) is 10.6 Å². The van der Waals surface area contributed by atoms with Crippen LogP contribution >= 0.6 is 11.6 Å². The largest absolute Gasteiger partial charge is 0.497 e. The standard InChI is InChI=1S/C15H21ClN2O2/c1-4-5-11(10-19-2)18-14-7-6-12(20-3)8-13(14)17-15(18)9-16/h6-8,11H,4-5,9-10H2,1-3H3. The zero-order chi connectivity index (χ0) is 14.5. The lowest BCUT2D eigenvalue weighted by Gasteiger charge is -2.20. The summed E-state index contributed by atoms with van der Waals surface area (Å²) >= 11 is 6.07. The summed E-state index contributed by atoms with van der Waals surface area (Å²) < 4.78 is 12.8. The number of methoxy groups -OCH3 is 2. The first-order valence-electron chi connectivity index (χ1n) is 6.84. The van der Waals surface area contributed by atoms with Crippen LogP contribution in [0.4, 0.5) is 0 Å². The van der Waals surface area contributed by atoms with Gasteiger partial charge in [-0.2, -0.15) is 0 Å². The number of ether oxygens (including phenoxy) is 2. The van der Waals surface area contributed by atoms with Gasteiger partial charge in [0.05, 0.1) is 36.7 Å². The predicted molar refractivity (Wildman–Crippen MR) is 81.7 cm³/mol. The number of rotatable bonds is 7. The molecule has 0 spiro atoms. The van der Waals surface area contributed by atoms with Crippen LogP contribution in [0.5, 0.6) is 5.75 Å². The van der Waals surface area contributed by atoms with E-state index in [4.69, 9.17) is 21.1 Å². The first-order valence-corrected chi connectivity index (χ1v) is 7.38. The van der Waals surface area contributed by atoms with E-state index in [0.717, 1.165) is 35.4 Å². The van der Waals surface area contributed by atoms with E-state index in [1.165, 1.54) is 0 Å². The van der Waals surface area contributed by atoms with Crippen molar-refractivity contribution in [3.8, 4) is 5.75 Å². The molecule has 0 aliphatic heterocycles. The Labute approximate surface area is 124 Å². The fraction of sp³-hybridized carbons (Fsp3) is 0.533. The highest BCUT2D eigenvalue weighted by molar-refractivity contribution is 6.16. The molecule has 0 fully saturated rings. The molecule has 0 radical (unpaired) electrons. The summed E-state index contributed by atoms with van der Waals surface area (Å²) in [5.41, 5.74) is 1.99. The zero-order valence-electron chi connectivity index (χ0n) is 12.2. The Morgan fingerprint density at radius 1 is 1.35 bits per heavy atom. The molecule has 4 nitrogen and oxygen atoms in total. The van der Waals surface area contributed by atoms with Gasteiger partial charge in [-0.1, -0.05) is 13.3 Å². The van der Waals surface area contributed by atoms with Crippen LogP contribution in [0.15, 0.2) is 18.2 Å². The summed E-state index contributed by atoms with van der Waals surface area (Å²) in [4.78, 5) is 4.62. The Morgan fingerprint density at radius 3 is 2.75 bits per heavy atom. The minimum absolute atomic E-state index is 0.261. The van der Waals surface area contributed by atoms with Crippen molar-refractivity contribution >= 4 is 22.6 Å². The first kappa shape index (κ1) is 15.1. The summed E-state index contributed by atoms with van der Waals surface area (Å²) in [6.45, 7) is 2.83. The van der Waals surface area contributed by atoms with Crippen LogP contribution in [0.2, 0.25) is 0 Å². The number of imidazole rings is 1. The maximum atomic E-state index is 6.07. The molecular weight excluding hydrogens is 276 g/mol. The van der Waals surface area contributed by atoms with Crippen molar-refractivity contribution in [2.45, 2.75) is 31.7 Å². The second-order valence-corrected chi connectivity index (χ2v) is 5.05. The van der Waals surface area contributed by atoms with E-state index in [1.807, 2.05) is 18.2 Å². The van der Waals surface area contributed by atoms with Gasteiger partial charge in [-0.25, -0.2) is 4.98 Å². The summed E-state index contributed by atoms with van der Waals surface area (Å²) in [5.74, 6) is 2.08. The number of halogens is 1. The third-order valence-electron chi connectivity index (χ3n) is 3.44. The Balaban J connectivity index is 2.53. The Bertz CT molecular complexity index is 562. The molecule has 2 aromatic rings. The molecule has 0 saturated heterocycles. The second kappa shape index (κ2) is 6.95. The molecule has 0 aliphatic rings. The summed E-state index contributed by atoms with van der Waals surface area (Å²) in [5, 5.41) is 0. The van der Waals surface area contributed by atoms with E-state index in [1.54, 1.807) is 14.2 Å². The second-order valence-electron chi connectivity index (χ2n) is 4.78. The topological polar surface area (TPSA) is 36.3 Å². The van der Waals surface area contributed by atoms with E-state index in [9.17, 15) is 0 Å². The lowest BCUT2D eigenvalue weighted by Crippen LogP contribution is -2.16. The molecule has 1 atom stereocenters. The van der Waals surface area contributed by atoms with Gasteiger partial charge in [-0.3, -0.25) is 0 Å². The van der Waals surface area contributed by atoms with Gasteiger partial charge in [-0.15, -0.1) is 11.6 Å². The van der Waals surface area contributed by atoms with E-state index in [0.29, 0.717) is 12.5 Å². The summed E-state index contributed by atoms with van der Waals surface area (Å²) in [6.07, 6.45) is 2.13. The minimum atomic E-state index is 0.261. The minimum Gasteiger partial charge on any atom is -0.497 e. The third-order valence-corrected chi connectivity index (χ3v) is 3.67. The average Bonchev–Trinajstić information content (AvgIpc) is 2.84. The average molecular weight is 297 g/mol. The number of fused-ring (bicyclic) bond motifs is 1. The fourth-order valence-electron chi connectivity index (χ4n) is 2.57. The van der Waals surface area contributed by atoms with Gasteiger partial charge < -0.3 is 14.0 Å². The normalized spacial score (nSPS) is 12.8. The number of alkyl halides is 1. The van der Waals surface area contributed by atoms with Crippen molar-refractivity contribution in [1.82, 2.24) is 9.55 Å². The highest BCUT2D eigenvalue weighted by Crippen LogP contribution is 2.28. The zero-order valence-corrected chi connectivity index (χ0v) is 13.0. The predicted octanol–water partition coefficient (Wildman–Crippen LogP) is 3.77. The van der Waals surface area contributed by atoms with E-state index in [2.05, 4.69) is 16.5 Å². The molecule has 0 saturated carbocycles. The molecule has 5 heteroatoms. The van der Waals surface area contributed by atoms with Crippen molar-refractivity contribution in [2.24, 2.45) is 0 Å². The smallest absolute Gasteiger partial charge is 0.125 e. The van der Waals surface area contributed by atoms with Crippen LogP contribution in [0.1, 0.15) is 31.6 Å². The van der Waals surface area contributed by atoms with Crippen molar-refractivity contribution in [3.63, 3.8) is 0 Å². The highest BCUT2D eigenvalue weighted by atomic mass is 35.5. The van der Waals surface area contributed by atoms with Crippen molar-refractivity contribution in [2.75, 3.05) is 20.8 Å². The van der Waals surface area contributed by atoms with E-state index >= 15 is 0 Å². The van der Waals surface area contributed by atoms with Crippen LogP contribution in [0, 0.1) is 0 Å². The maximum absolute atomic E-state index is 6.07. The summed E-state index contributed by atoms with van der Waals surface area (Å²) in [7, 11) is 3.39. The highest BCUT2D eigenvalue weighted by Gasteiger charge is 2.18.